The maximum Gasteiger partial charge on any atom is 0.276 e. The summed E-state index contributed by atoms with van der Waals surface area (Å²) in [6, 6.07) is 16.9. The van der Waals surface area contributed by atoms with Crippen molar-refractivity contribution >= 4 is 11.8 Å². The molecule has 0 aromatic heterocycles. The third-order valence-corrected chi connectivity index (χ3v) is 3.47. The highest BCUT2D eigenvalue weighted by Gasteiger charge is 2.07. The molecule has 0 fully saturated rings. The number of ether oxygens (including phenoxy) is 1. The molecule has 0 aliphatic heterocycles. The molecule has 0 unspecified atom stereocenters. The molecule has 0 atom stereocenters. The Kier molecular flexibility index (Phi) is 6.37. The zero-order valence-corrected chi connectivity index (χ0v) is 13.9. The van der Waals surface area contributed by atoms with Crippen LogP contribution in [-0.4, -0.2) is 18.4 Å². The number of hydrazine groups is 1. The maximum atomic E-state index is 11.7. The molecule has 0 aliphatic rings. The molecule has 0 saturated heterocycles. The molecule has 0 aliphatic carbocycles. The van der Waals surface area contributed by atoms with Crippen molar-refractivity contribution in [1.29, 1.82) is 0 Å². The summed E-state index contributed by atoms with van der Waals surface area (Å²) in [5.74, 6) is 0.368. The zero-order valence-electron chi connectivity index (χ0n) is 13.9. The molecular weight excluding hydrogens is 304 g/mol. The van der Waals surface area contributed by atoms with E-state index in [1.165, 1.54) is 5.56 Å². The van der Waals surface area contributed by atoms with Gasteiger partial charge in [0, 0.05) is 0 Å². The molecule has 0 spiro atoms. The Labute approximate surface area is 142 Å². The van der Waals surface area contributed by atoms with Gasteiger partial charge < -0.3 is 4.74 Å². The van der Waals surface area contributed by atoms with E-state index in [9.17, 15) is 9.59 Å². The van der Waals surface area contributed by atoms with Crippen molar-refractivity contribution in [3.63, 3.8) is 0 Å². The average Bonchev–Trinajstić information content (AvgIpc) is 2.59. The number of amides is 2. The fraction of sp³-hybridized carbons (Fsp3) is 0.263. The van der Waals surface area contributed by atoms with Gasteiger partial charge in [-0.25, -0.2) is 0 Å². The Bertz CT molecular complexity index is 667. The summed E-state index contributed by atoms with van der Waals surface area (Å²) in [5.41, 5.74) is 6.80. The van der Waals surface area contributed by atoms with Crippen molar-refractivity contribution in [2.75, 3.05) is 6.61 Å². The van der Waals surface area contributed by atoms with Gasteiger partial charge in [0.2, 0.25) is 5.91 Å². The Morgan fingerprint density at radius 2 is 1.54 bits per heavy atom. The fourth-order valence-corrected chi connectivity index (χ4v) is 2.10. The second kappa shape index (κ2) is 8.72. The normalized spacial score (nSPS) is 10.3. The highest BCUT2D eigenvalue weighted by Crippen LogP contribution is 2.18. The van der Waals surface area contributed by atoms with Gasteiger partial charge in [-0.15, -0.1) is 0 Å². The summed E-state index contributed by atoms with van der Waals surface area (Å²) in [6.45, 7) is 4.06. The number of hydrogen-bond acceptors (Lipinski definition) is 3. The van der Waals surface area contributed by atoms with Crippen LogP contribution in [0.5, 0.6) is 5.75 Å². The van der Waals surface area contributed by atoms with Crippen LogP contribution < -0.4 is 15.6 Å². The van der Waals surface area contributed by atoms with Gasteiger partial charge in [0.05, 0.1) is 6.42 Å². The number of benzene rings is 2. The Hall–Kier alpha value is -2.82. The van der Waals surface area contributed by atoms with Crippen molar-refractivity contribution < 1.29 is 14.3 Å². The highest BCUT2D eigenvalue weighted by molar-refractivity contribution is 5.83. The van der Waals surface area contributed by atoms with Crippen molar-refractivity contribution in [2.45, 2.75) is 26.2 Å². The average molecular weight is 326 g/mol. The molecule has 0 heterocycles. The van der Waals surface area contributed by atoms with E-state index < -0.39 is 5.91 Å². The van der Waals surface area contributed by atoms with Crippen molar-refractivity contribution in [3.05, 3.63) is 65.7 Å². The highest BCUT2D eigenvalue weighted by atomic mass is 16.5. The predicted octanol–water partition coefficient (Wildman–Crippen LogP) is 2.58. The lowest BCUT2D eigenvalue weighted by Gasteiger charge is -2.10. The maximum absolute atomic E-state index is 11.7. The topological polar surface area (TPSA) is 67.4 Å². The Morgan fingerprint density at radius 3 is 2.17 bits per heavy atom. The van der Waals surface area contributed by atoms with E-state index in [4.69, 9.17) is 4.74 Å². The largest absolute Gasteiger partial charge is 0.484 e. The second-order valence-electron chi connectivity index (χ2n) is 5.77. The number of rotatable bonds is 6. The Balaban J connectivity index is 1.70. The van der Waals surface area contributed by atoms with Gasteiger partial charge in [-0.3, -0.25) is 20.4 Å². The van der Waals surface area contributed by atoms with Crippen LogP contribution in [0.15, 0.2) is 54.6 Å². The first-order valence-electron chi connectivity index (χ1n) is 7.89. The standard InChI is InChI=1S/C19H22N2O3/c1-14(2)16-8-10-17(11-9-16)24-13-19(23)21-20-18(22)12-15-6-4-3-5-7-15/h3-11,14H,12-13H2,1-2H3,(H,20,22)(H,21,23). The van der Waals surface area contributed by atoms with Gasteiger partial charge in [0.15, 0.2) is 6.61 Å². The van der Waals surface area contributed by atoms with Crippen LogP contribution in [-0.2, 0) is 16.0 Å². The van der Waals surface area contributed by atoms with Gasteiger partial charge in [-0.05, 0) is 29.2 Å². The van der Waals surface area contributed by atoms with Gasteiger partial charge in [0.25, 0.3) is 5.91 Å². The van der Waals surface area contributed by atoms with E-state index in [0.29, 0.717) is 11.7 Å². The SMILES string of the molecule is CC(C)c1ccc(OCC(=O)NNC(=O)Cc2ccccc2)cc1. The molecule has 2 amide bonds. The van der Waals surface area contributed by atoms with Crippen LogP contribution in [0.3, 0.4) is 0 Å². The first-order valence-corrected chi connectivity index (χ1v) is 7.89. The molecule has 0 radical (unpaired) electrons. The van der Waals surface area contributed by atoms with Crippen LogP contribution in [0.2, 0.25) is 0 Å². The van der Waals surface area contributed by atoms with E-state index in [2.05, 4.69) is 24.7 Å². The van der Waals surface area contributed by atoms with E-state index in [1.54, 1.807) is 0 Å². The van der Waals surface area contributed by atoms with Gasteiger partial charge >= 0.3 is 0 Å². The van der Waals surface area contributed by atoms with Gasteiger partial charge in [-0.2, -0.15) is 0 Å². The van der Waals surface area contributed by atoms with Crippen LogP contribution in [0.1, 0.15) is 30.9 Å². The molecular formula is C19H22N2O3. The number of nitrogens with one attached hydrogen (secondary N) is 2. The smallest absolute Gasteiger partial charge is 0.276 e. The van der Waals surface area contributed by atoms with Crippen LogP contribution >= 0.6 is 0 Å². The minimum absolute atomic E-state index is 0.160. The quantitative estimate of drug-likeness (QED) is 0.802. The predicted molar refractivity (Wildman–Crippen MR) is 92.5 cm³/mol. The number of carbonyl (C=O) groups excluding carboxylic acids is 2. The van der Waals surface area contributed by atoms with E-state index in [-0.39, 0.29) is 18.9 Å². The Morgan fingerprint density at radius 1 is 0.917 bits per heavy atom. The summed E-state index contributed by atoms with van der Waals surface area (Å²) in [6.07, 6.45) is 0.207. The molecule has 2 aromatic carbocycles. The molecule has 2 rings (SSSR count). The molecule has 0 bridgehead atoms. The third kappa shape index (κ3) is 5.76. The van der Waals surface area contributed by atoms with Crippen LogP contribution in [0.4, 0.5) is 0 Å². The monoisotopic (exact) mass is 326 g/mol. The minimum Gasteiger partial charge on any atom is -0.484 e. The number of hydrogen-bond donors (Lipinski definition) is 2. The summed E-state index contributed by atoms with van der Waals surface area (Å²) in [5, 5.41) is 0. The summed E-state index contributed by atoms with van der Waals surface area (Å²) in [4.78, 5) is 23.4. The van der Waals surface area contributed by atoms with E-state index in [1.807, 2.05) is 54.6 Å². The summed E-state index contributed by atoms with van der Waals surface area (Å²) in [7, 11) is 0. The van der Waals surface area contributed by atoms with Gasteiger partial charge in [-0.1, -0.05) is 56.3 Å². The minimum atomic E-state index is -0.413. The molecule has 5 nitrogen and oxygen atoms in total. The number of carbonyl (C=O) groups is 2. The van der Waals surface area contributed by atoms with Crippen molar-refractivity contribution in [1.82, 2.24) is 10.9 Å². The second-order valence-corrected chi connectivity index (χ2v) is 5.77. The van der Waals surface area contributed by atoms with Gasteiger partial charge in [0.1, 0.15) is 5.75 Å². The molecule has 0 saturated carbocycles. The van der Waals surface area contributed by atoms with Crippen LogP contribution in [0, 0.1) is 0 Å². The molecule has 126 valence electrons. The fourth-order valence-electron chi connectivity index (χ4n) is 2.10. The molecule has 24 heavy (non-hydrogen) atoms. The van der Waals surface area contributed by atoms with Crippen molar-refractivity contribution in [3.8, 4) is 5.75 Å². The molecule has 2 aromatic rings. The molecule has 2 N–H and O–H groups in total. The lowest BCUT2D eigenvalue weighted by atomic mass is 10.0. The summed E-state index contributed by atoms with van der Waals surface area (Å²) >= 11 is 0. The van der Waals surface area contributed by atoms with Crippen LogP contribution in [0.25, 0.3) is 0 Å². The zero-order chi connectivity index (χ0) is 17.4. The lowest BCUT2D eigenvalue weighted by Crippen LogP contribution is -2.44. The third-order valence-electron chi connectivity index (χ3n) is 3.47. The first kappa shape index (κ1) is 17.5. The summed E-state index contributed by atoms with van der Waals surface area (Å²) < 4.78 is 5.39. The van der Waals surface area contributed by atoms with Crippen molar-refractivity contribution in [2.24, 2.45) is 0 Å². The lowest BCUT2D eigenvalue weighted by molar-refractivity contribution is -0.129. The van der Waals surface area contributed by atoms with E-state index in [0.717, 1.165) is 5.56 Å². The van der Waals surface area contributed by atoms with E-state index >= 15 is 0 Å². The molecule has 5 heteroatoms. The first-order chi connectivity index (χ1) is 11.5.